The molecule has 0 radical (unpaired) electrons. The molecule has 1 heterocycles. The van der Waals surface area contributed by atoms with Gasteiger partial charge in [0.25, 0.3) is 0 Å². The first-order valence-corrected chi connectivity index (χ1v) is 7.15. The molecule has 104 valence electrons. The summed E-state index contributed by atoms with van der Waals surface area (Å²) in [6, 6.07) is 18.5. The van der Waals surface area contributed by atoms with Gasteiger partial charge in [-0.2, -0.15) is 0 Å². The Labute approximate surface area is 125 Å². The van der Waals surface area contributed by atoms with Crippen molar-refractivity contribution in [2.45, 2.75) is 12.8 Å². The fourth-order valence-corrected chi connectivity index (χ4v) is 2.69. The van der Waals surface area contributed by atoms with Crippen LogP contribution in [0, 0.1) is 18.3 Å². The summed E-state index contributed by atoms with van der Waals surface area (Å²) in [5.74, 6) is 2.84. The Morgan fingerprint density at radius 3 is 2.33 bits per heavy atom. The van der Waals surface area contributed by atoms with E-state index in [9.17, 15) is 4.79 Å². The maximum absolute atomic E-state index is 12.0. The highest BCUT2D eigenvalue weighted by atomic mass is 16.2. The molecule has 2 aromatic carbocycles. The van der Waals surface area contributed by atoms with Crippen molar-refractivity contribution in [3.63, 3.8) is 0 Å². The van der Waals surface area contributed by atoms with E-state index in [1.165, 1.54) is 11.1 Å². The lowest BCUT2D eigenvalue weighted by molar-refractivity contribution is -0.117. The van der Waals surface area contributed by atoms with Crippen LogP contribution in [0.3, 0.4) is 0 Å². The van der Waals surface area contributed by atoms with Crippen molar-refractivity contribution in [3.05, 3.63) is 65.7 Å². The average molecular weight is 275 g/mol. The monoisotopic (exact) mass is 275 g/mol. The number of benzene rings is 2. The summed E-state index contributed by atoms with van der Waals surface area (Å²) in [5.41, 5.74) is 3.47. The Balaban J connectivity index is 1.73. The molecule has 0 aliphatic carbocycles. The zero-order valence-corrected chi connectivity index (χ0v) is 11.8. The van der Waals surface area contributed by atoms with E-state index in [2.05, 4.69) is 30.2 Å². The van der Waals surface area contributed by atoms with Gasteiger partial charge < -0.3 is 4.90 Å². The van der Waals surface area contributed by atoms with E-state index >= 15 is 0 Å². The quantitative estimate of drug-likeness (QED) is 0.787. The number of carbonyl (C=O) groups excluding carboxylic acids is 1. The minimum atomic E-state index is 0.0431. The summed E-state index contributed by atoms with van der Waals surface area (Å²) >= 11 is 0. The first-order valence-electron chi connectivity index (χ1n) is 7.15. The molecule has 0 saturated carbocycles. The Kier molecular flexibility index (Phi) is 3.75. The maximum Gasteiger partial charge on any atom is 0.228 e. The minimum Gasteiger partial charge on any atom is -0.311 e. The van der Waals surface area contributed by atoms with E-state index in [1.54, 1.807) is 4.90 Å². The van der Waals surface area contributed by atoms with E-state index in [0.29, 0.717) is 13.0 Å². The molecule has 3 rings (SSSR count). The summed E-state index contributed by atoms with van der Waals surface area (Å²) in [7, 11) is 0. The highest BCUT2D eigenvalue weighted by molar-refractivity contribution is 5.96. The fraction of sp³-hybridized carbons (Fsp3) is 0.211. The SMILES string of the molecule is C#CC1CC(=O)N(c2ccc(Cc3ccccc3)cc2)C1. The van der Waals surface area contributed by atoms with Gasteiger partial charge in [0.15, 0.2) is 0 Å². The van der Waals surface area contributed by atoms with Gasteiger partial charge in [-0.3, -0.25) is 4.79 Å². The van der Waals surface area contributed by atoms with Crippen molar-refractivity contribution in [1.82, 2.24) is 0 Å². The van der Waals surface area contributed by atoms with E-state index in [-0.39, 0.29) is 11.8 Å². The van der Waals surface area contributed by atoms with E-state index in [1.807, 2.05) is 30.3 Å². The number of rotatable bonds is 3. The van der Waals surface area contributed by atoms with Crippen molar-refractivity contribution in [2.24, 2.45) is 5.92 Å². The smallest absolute Gasteiger partial charge is 0.228 e. The number of terminal acetylenes is 1. The topological polar surface area (TPSA) is 20.3 Å². The second kappa shape index (κ2) is 5.85. The van der Waals surface area contributed by atoms with Crippen LogP contribution in [0.2, 0.25) is 0 Å². The molecule has 1 saturated heterocycles. The van der Waals surface area contributed by atoms with Crippen LogP contribution in [0.4, 0.5) is 5.69 Å². The van der Waals surface area contributed by atoms with Gasteiger partial charge in [0.2, 0.25) is 5.91 Å². The molecule has 2 aromatic rings. The number of carbonyl (C=O) groups is 1. The molecule has 0 bridgehead atoms. The van der Waals surface area contributed by atoms with Crippen LogP contribution in [0.1, 0.15) is 17.5 Å². The molecule has 0 spiro atoms. The van der Waals surface area contributed by atoms with Gasteiger partial charge in [-0.05, 0) is 29.7 Å². The van der Waals surface area contributed by atoms with Gasteiger partial charge in [-0.15, -0.1) is 12.3 Å². The van der Waals surface area contributed by atoms with Crippen molar-refractivity contribution >= 4 is 11.6 Å². The molecule has 21 heavy (non-hydrogen) atoms. The highest BCUT2D eigenvalue weighted by Crippen LogP contribution is 2.25. The van der Waals surface area contributed by atoms with Gasteiger partial charge in [0, 0.05) is 24.6 Å². The molecule has 1 atom stereocenters. The Morgan fingerprint density at radius 2 is 1.71 bits per heavy atom. The molecule has 0 N–H and O–H groups in total. The van der Waals surface area contributed by atoms with Crippen molar-refractivity contribution in [2.75, 3.05) is 11.4 Å². The largest absolute Gasteiger partial charge is 0.311 e. The fourth-order valence-electron chi connectivity index (χ4n) is 2.69. The molecule has 2 heteroatoms. The summed E-state index contributed by atoms with van der Waals surface area (Å²) in [6.45, 7) is 0.632. The van der Waals surface area contributed by atoms with E-state index in [4.69, 9.17) is 6.42 Å². The maximum atomic E-state index is 12.0. The Morgan fingerprint density at radius 1 is 1.05 bits per heavy atom. The second-order valence-electron chi connectivity index (χ2n) is 5.40. The number of anilines is 1. The summed E-state index contributed by atoms with van der Waals surface area (Å²) in [5, 5.41) is 0. The van der Waals surface area contributed by atoms with Crippen LogP contribution in [0.25, 0.3) is 0 Å². The van der Waals surface area contributed by atoms with Gasteiger partial charge in [-0.25, -0.2) is 0 Å². The molecular weight excluding hydrogens is 258 g/mol. The van der Waals surface area contributed by atoms with Crippen LogP contribution >= 0.6 is 0 Å². The lowest BCUT2D eigenvalue weighted by Gasteiger charge is -2.16. The van der Waals surface area contributed by atoms with Gasteiger partial charge in [0.05, 0.1) is 0 Å². The predicted octanol–water partition coefficient (Wildman–Crippen LogP) is 3.26. The van der Waals surface area contributed by atoms with Crippen molar-refractivity contribution in [1.29, 1.82) is 0 Å². The number of hydrogen-bond acceptors (Lipinski definition) is 1. The third-order valence-electron chi connectivity index (χ3n) is 3.86. The van der Waals surface area contributed by atoms with Gasteiger partial charge in [0.1, 0.15) is 0 Å². The lowest BCUT2D eigenvalue weighted by Crippen LogP contribution is -2.24. The molecule has 1 aliphatic rings. The Bertz CT molecular complexity index is 667. The molecule has 1 amide bonds. The van der Waals surface area contributed by atoms with Crippen LogP contribution in [-0.4, -0.2) is 12.5 Å². The van der Waals surface area contributed by atoms with Gasteiger partial charge >= 0.3 is 0 Å². The number of amides is 1. The molecule has 1 unspecified atom stereocenters. The van der Waals surface area contributed by atoms with E-state index in [0.717, 1.165) is 12.1 Å². The predicted molar refractivity (Wildman–Crippen MR) is 85.0 cm³/mol. The molecule has 0 aromatic heterocycles. The minimum absolute atomic E-state index is 0.0431. The van der Waals surface area contributed by atoms with Crippen LogP contribution in [-0.2, 0) is 11.2 Å². The average Bonchev–Trinajstić information content (AvgIpc) is 2.90. The van der Waals surface area contributed by atoms with E-state index < -0.39 is 0 Å². The van der Waals surface area contributed by atoms with Crippen molar-refractivity contribution < 1.29 is 4.79 Å². The van der Waals surface area contributed by atoms with Crippen molar-refractivity contribution in [3.8, 4) is 12.3 Å². The molecule has 2 nitrogen and oxygen atoms in total. The molecule has 1 aliphatic heterocycles. The number of nitrogens with zero attached hydrogens (tertiary/aromatic N) is 1. The summed E-state index contributed by atoms with van der Waals surface area (Å²) in [6.07, 6.45) is 6.78. The normalized spacial score (nSPS) is 17.8. The first-order chi connectivity index (χ1) is 10.3. The first kappa shape index (κ1) is 13.5. The van der Waals surface area contributed by atoms with Crippen LogP contribution in [0.15, 0.2) is 54.6 Å². The summed E-state index contributed by atoms with van der Waals surface area (Å²) in [4.78, 5) is 13.7. The zero-order chi connectivity index (χ0) is 14.7. The second-order valence-corrected chi connectivity index (χ2v) is 5.40. The Hall–Kier alpha value is -2.53. The molecule has 1 fully saturated rings. The molecular formula is C19H17NO. The standard InChI is InChI=1S/C19H17NO/c1-2-15-13-19(21)20(14-15)18-10-8-17(9-11-18)12-16-6-4-3-5-7-16/h1,3-11,15H,12-14H2. The lowest BCUT2D eigenvalue weighted by atomic mass is 10.0. The zero-order valence-electron chi connectivity index (χ0n) is 11.8. The highest BCUT2D eigenvalue weighted by Gasteiger charge is 2.29. The number of hydrogen-bond donors (Lipinski definition) is 0. The van der Waals surface area contributed by atoms with Gasteiger partial charge in [-0.1, -0.05) is 42.5 Å². The van der Waals surface area contributed by atoms with Crippen LogP contribution < -0.4 is 4.90 Å². The third kappa shape index (κ3) is 2.98. The third-order valence-corrected chi connectivity index (χ3v) is 3.86. The van der Waals surface area contributed by atoms with Crippen LogP contribution in [0.5, 0.6) is 0 Å². The summed E-state index contributed by atoms with van der Waals surface area (Å²) < 4.78 is 0.